The van der Waals surface area contributed by atoms with Crippen molar-refractivity contribution in [3.8, 4) is 0 Å². The van der Waals surface area contributed by atoms with Crippen LogP contribution in [0.5, 0.6) is 0 Å². The molecule has 0 bridgehead atoms. The highest BCUT2D eigenvalue weighted by atomic mass is 35.5. The monoisotopic (exact) mass is 319 g/mol. The van der Waals surface area contributed by atoms with E-state index in [0.717, 1.165) is 5.56 Å². The van der Waals surface area contributed by atoms with Gasteiger partial charge >= 0.3 is 0 Å². The standard InChI is InChI=1S/C14H16Cl3NO/c1-8(10-4-6-11(15)7-5-10)18-12(19)13(3)9(2)14(13,16)17/h4-9H,1-3H3,(H,18,19)/t8?,9-,13-/m0/s1. The normalized spacial score (nSPS) is 29.7. The predicted octanol–water partition coefficient (Wildman–Crippen LogP) is 4.35. The van der Waals surface area contributed by atoms with E-state index in [-0.39, 0.29) is 17.9 Å². The molecule has 1 unspecified atom stereocenters. The number of amides is 1. The van der Waals surface area contributed by atoms with Crippen molar-refractivity contribution >= 4 is 40.7 Å². The maximum atomic E-state index is 12.3. The molecular formula is C14H16Cl3NO. The molecule has 0 spiro atoms. The molecule has 0 radical (unpaired) electrons. The minimum atomic E-state index is -0.975. The van der Waals surface area contributed by atoms with Gasteiger partial charge in [0.2, 0.25) is 5.91 Å². The van der Waals surface area contributed by atoms with Crippen LogP contribution in [-0.4, -0.2) is 10.2 Å². The summed E-state index contributed by atoms with van der Waals surface area (Å²) in [6.45, 7) is 5.59. The molecule has 0 aliphatic heterocycles. The van der Waals surface area contributed by atoms with Crippen LogP contribution in [0.4, 0.5) is 0 Å². The molecule has 3 atom stereocenters. The van der Waals surface area contributed by atoms with E-state index in [1.807, 2.05) is 26.0 Å². The van der Waals surface area contributed by atoms with Crippen LogP contribution in [0, 0.1) is 11.3 Å². The van der Waals surface area contributed by atoms with E-state index < -0.39 is 9.75 Å². The number of rotatable bonds is 3. The first-order chi connectivity index (χ1) is 8.71. The van der Waals surface area contributed by atoms with Gasteiger partial charge in [0.05, 0.1) is 11.5 Å². The average Bonchev–Trinajstić information content (AvgIpc) is 2.75. The highest BCUT2D eigenvalue weighted by molar-refractivity contribution is 6.53. The Morgan fingerprint density at radius 1 is 1.32 bits per heavy atom. The molecule has 2 nitrogen and oxygen atoms in total. The number of nitrogens with one attached hydrogen (secondary N) is 1. The molecule has 1 N–H and O–H groups in total. The maximum Gasteiger partial charge on any atom is 0.229 e. The molecule has 2 rings (SSSR count). The van der Waals surface area contributed by atoms with Gasteiger partial charge in [0.1, 0.15) is 4.33 Å². The Morgan fingerprint density at radius 3 is 2.21 bits per heavy atom. The molecule has 5 heteroatoms. The molecule has 1 amide bonds. The van der Waals surface area contributed by atoms with Gasteiger partial charge in [-0.2, -0.15) is 0 Å². The molecule has 0 saturated heterocycles. The van der Waals surface area contributed by atoms with Crippen molar-refractivity contribution in [2.75, 3.05) is 0 Å². The van der Waals surface area contributed by atoms with Gasteiger partial charge in [0.25, 0.3) is 0 Å². The number of alkyl halides is 2. The Hall–Kier alpha value is -0.440. The number of carbonyl (C=O) groups is 1. The lowest BCUT2D eigenvalue weighted by molar-refractivity contribution is -0.126. The minimum absolute atomic E-state index is 0.0549. The third-order valence-corrected chi connectivity index (χ3v) is 5.90. The Balaban J connectivity index is 2.06. The second kappa shape index (κ2) is 4.83. The van der Waals surface area contributed by atoms with Gasteiger partial charge in [-0.1, -0.05) is 30.7 Å². The van der Waals surface area contributed by atoms with Gasteiger partial charge in [-0.25, -0.2) is 0 Å². The van der Waals surface area contributed by atoms with Crippen molar-refractivity contribution in [2.24, 2.45) is 11.3 Å². The van der Waals surface area contributed by atoms with Crippen molar-refractivity contribution in [2.45, 2.75) is 31.1 Å². The molecule has 1 aromatic rings. The van der Waals surface area contributed by atoms with Crippen LogP contribution in [0.2, 0.25) is 5.02 Å². The third kappa shape index (κ3) is 2.35. The molecule has 104 valence electrons. The van der Waals surface area contributed by atoms with Crippen LogP contribution in [0.1, 0.15) is 32.4 Å². The number of carbonyl (C=O) groups excluding carboxylic acids is 1. The topological polar surface area (TPSA) is 29.1 Å². The van der Waals surface area contributed by atoms with Gasteiger partial charge < -0.3 is 5.32 Å². The number of halogens is 3. The lowest BCUT2D eigenvalue weighted by Crippen LogP contribution is -2.35. The summed E-state index contributed by atoms with van der Waals surface area (Å²) >= 11 is 18.1. The van der Waals surface area contributed by atoms with Crippen molar-refractivity contribution in [1.82, 2.24) is 5.32 Å². The first kappa shape index (κ1) is 15.0. The van der Waals surface area contributed by atoms with Crippen molar-refractivity contribution in [1.29, 1.82) is 0 Å². The fourth-order valence-electron chi connectivity index (χ4n) is 2.26. The van der Waals surface area contributed by atoms with Gasteiger partial charge in [-0.05, 0) is 31.5 Å². The summed E-state index contributed by atoms with van der Waals surface area (Å²) in [5, 5.41) is 3.63. The van der Waals surface area contributed by atoms with Crippen LogP contribution in [0.25, 0.3) is 0 Å². The average molecular weight is 321 g/mol. The molecule has 1 aliphatic carbocycles. The molecule has 1 saturated carbocycles. The largest absolute Gasteiger partial charge is 0.349 e. The van der Waals surface area contributed by atoms with Gasteiger partial charge in [-0.3, -0.25) is 4.79 Å². The fraction of sp³-hybridized carbons (Fsp3) is 0.500. The highest BCUT2D eigenvalue weighted by Crippen LogP contribution is 2.68. The lowest BCUT2D eigenvalue weighted by Gasteiger charge is -2.18. The molecule has 0 aromatic heterocycles. The van der Waals surface area contributed by atoms with Gasteiger partial charge in [0, 0.05) is 10.9 Å². The zero-order valence-electron chi connectivity index (χ0n) is 11.0. The quantitative estimate of drug-likeness (QED) is 0.824. The summed E-state index contributed by atoms with van der Waals surface area (Å²) in [7, 11) is 0. The summed E-state index contributed by atoms with van der Waals surface area (Å²) in [6, 6.07) is 7.27. The first-order valence-electron chi connectivity index (χ1n) is 6.15. The molecule has 19 heavy (non-hydrogen) atoms. The van der Waals surface area contributed by atoms with E-state index in [2.05, 4.69) is 5.32 Å². The first-order valence-corrected chi connectivity index (χ1v) is 7.29. The van der Waals surface area contributed by atoms with Crippen molar-refractivity contribution in [3.05, 3.63) is 34.9 Å². The van der Waals surface area contributed by atoms with E-state index in [9.17, 15) is 4.79 Å². The highest BCUT2D eigenvalue weighted by Gasteiger charge is 2.74. The van der Waals surface area contributed by atoms with Crippen LogP contribution in [-0.2, 0) is 4.79 Å². The van der Waals surface area contributed by atoms with Crippen LogP contribution < -0.4 is 5.32 Å². The van der Waals surface area contributed by atoms with E-state index in [0.29, 0.717) is 5.02 Å². The zero-order chi connectivity index (χ0) is 14.4. The SMILES string of the molecule is CC(NC(=O)[C@]1(C)[C@H](C)C1(Cl)Cl)c1ccc(Cl)cc1. The number of hydrogen-bond donors (Lipinski definition) is 1. The maximum absolute atomic E-state index is 12.3. The number of hydrogen-bond acceptors (Lipinski definition) is 1. The van der Waals surface area contributed by atoms with Crippen LogP contribution in [0.3, 0.4) is 0 Å². The van der Waals surface area contributed by atoms with Crippen molar-refractivity contribution < 1.29 is 4.79 Å². The molecule has 1 aliphatic rings. The Labute approximate surface area is 128 Å². The van der Waals surface area contributed by atoms with E-state index >= 15 is 0 Å². The summed E-state index contributed by atoms with van der Waals surface area (Å²) in [5.74, 6) is -0.173. The van der Waals surface area contributed by atoms with E-state index in [1.165, 1.54) is 0 Å². The Morgan fingerprint density at radius 2 is 1.79 bits per heavy atom. The van der Waals surface area contributed by atoms with Crippen LogP contribution >= 0.6 is 34.8 Å². The Bertz CT molecular complexity index is 500. The second-order valence-electron chi connectivity index (χ2n) is 5.29. The minimum Gasteiger partial charge on any atom is -0.349 e. The van der Waals surface area contributed by atoms with Gasteiger partial charge in [0.15, 0.2) is 0 Å². The van der Waals surface area contributed by atoms with E-state index in [4.69, 9.17) is 34.8 Å². The molecule has 1 aromatic carbocycles. The molecule has 0 heterocycles. The zero-order valence-corrected chi connectivity index (χ0v) is 13.3. The third-order valence-electron chi connectivity index (χ3n) is 4.21. The predicted molar refractivity (Wildman–Crippen MR) is 79.7 cm³/mol. The smallest absolute Gasteiger partial charge is 0.229 e. The van der Waals surface area contributed by atoms with Gasteiger partial charge in [-0.15, -0.1) is 23.2 Å². The summed E-state index contributed by atoms with van der Waals surface area (Å²) in [6.07, 6.45) is 0. The Kier molecular flexibility index (Phi) is 3.81. The second-order valence-corrected chi connectivity index (χ2v) is 7.12. The fourth-order valence-corrected chi connectivity index (χ4v) is 3.22. The summed E-state index contributed by atoms with van der Waals surface area (Å²) in [5.41, 5.74) is 0.265. The molecular weight excluding hydrogens is 305 g/mol. The van der Waals surface area contributed by atoms with Crippen LogP contribution in [0.15, 0.2) is 24.3 Å². The van der Waals surface area contributed by atoms with E-state index in [1.54, 1.807) is 19.1 Å². The molecule has 1 fully saturated rings. The number of benzene rings is 1. The summed E-state index contributed by atoms with van der Waals surface area (Å²) in [4.78, 5) is 12.3. The lowest BCUT2D eigenvalue weighted by atomic mass is 10.0. The van der Waals surface area contributed by atoms with Crippen molar-refractivity contribution in [3.63, 3.8) is 0 Å². The summed E-state index contributed by atoms with van der Waals surface area (Å²) < 4.78 is -0.975.